The predicted octanol–water partition coefficient (Wildman–Crippen LogP) is 4.76. The number of nitrogens with zero attached hydrogens (tertiary/aromatic N) is 2. The van der Waals surface area contributed by atoms with Crippen LogP contribution in [0.4, 0.5) is 5.69 Å². The number of carbonyl (C=O) groups excluding carboxylic acids is 1. The molecule has 0 fully saturated rings. The quantitative estimate of drug-likeness (QED) is 0.590. The van der Waals surface area contributed by atoms with Crippen LogP contribution >= 0.6 is 11.8 Å². The maximum atomic E-state index is 13.1. The minimum Gasteiger partial charge on any atom is -0.374 e. The highest BCUT2D eigenvalue weighted by molar-refractivity contribution is 8.06. The van der Waals surface area contributed by atoms with E-state index in [1.54, 1.807) is 36.2 Å². The average Bonchev–Trinajstić information content (AvgIpc) is 2.70. The zero-order valence-corrected chi connectivity index (χ0v) is 19.7. The molecule has 156 valence electrons. The number of nitrogens with one attached hydrogen (secondary N) is 1. The van der Waals surface area contributed by atoms with Gasteiger partial charge in [-0.25, -0.2) is 8.51 Å². The second-order valence-corrected chi connectivity index (χ2v) is 9.26. The van der Waals surface area contributed by atoms with Crippen LogP contribution in [0.5, 0.6) is 0 Å². The van der Waals surface area contributed by atoms with Crippen LogP contribution in [0.1, 0.15) is 50.9 Å². The van der Waals surface area contributed by atoms with E-state index in [1.165, 1.54) is 4.91 Å². The molecular weight excluding hydrogens is 390 g/mol. The Kier molecular flexibility index (Phi) is 10.6. The van der Waals surface area contributed by atoms with Crippen LogP contribution in [0.25, 0.3) is 0 Å². The molecule has 0 spiro atoms. The first-order valence-electron chi connectivity index (χ1n) is 9.57. The molecule has 0 aliphatic rings. The van der Waals surface area contributed by atoms with Crippen LogP contribution in [0.15, 0.2) is 45.2 Å². The van der Waals surface area contributed by atoms with Crippen molar-refractivity contribution in [1.82, 2.24) is 9.62 Å². The van der Waals surface area contributed by atoms with Gasteiger partial charge >= 0.3 is 0 Å². The molecule has 7 heteroatoms. The summed E-state index contributed by atoms with van der Waals surface area (Å²) < 4.78 is 14.1. The Labute approximate surface area is 176 Å². The van der Waals surface area contributed by atoms with E-state index >= 15 is 0 Å². The van der Waals surface area contributed by atoms with E-state index in [9.17, 15) is 9.00 Å². The molecule has 0 radical (unpaired) electrons. The fourth-order valence-corrected chi connectivity index (χ4v) is 4.24. The second kappa shape index (κ2) is 12.1. The summed E-state index contributed by atoms with van der Waals surface area (Å²) in [6.45, 7) is 8.95. The first-order chi connectivity index (χ1) is 13.3. The molecule has 5 nitrogen and oxygen atoms in total. The van der Waals surface area contributed by atoms with Crippen molar-refractivity contribution in [2.24, 2.45) is 0 Å². The van der Waals surface area contributed by atoms with Crippen molar-refractivity contribution in [2.45, 2.75) is 45.4 Å². The van der Waals surface area contributed by atoms with Crippen molar-refractivity contribution in [2.75, 3.05) is 32.6 Å². The van der Waals surface area contributed by atoms with Crippen LogP contribution < -0.4 is 10.2 Å². The lowest BCUT2D eigenvalue weighted by molar-refractivity contribution is 0.0969. The molecular formula is C21H33N3O2S2. The summed E-state index contributed by atoms with van der Waals surface area (Å²) in [7, 11) is 4.15. The predicted molar refractivity (Wildman–Crippen MR) is 123 cm³/mol. The Hall–Kier alpha value is -1.57. The van der Waals surface area contributed by atoms with Gasteiger partial charge < -0.3 is 10.2 Å². The van der Waals surface area contributed by atoms with Crippen molar-refractivity contribution in [1.29, 1.82) is 0 Å². The van der Waals surface area contributed by atoms with E-state index in [-0.39, 0.29) is 5.91 Å². The fourth-order valence-electron chi connectivity index (χ4n) is 2.48. The standard InChI is InChI=1S/C21H33N3O2S2/c1-8-12-20(27-16(9-2)10-3)22-21(25)18-15-17(28(26)23(5)6)13-14-19(18)24(7)11-4/h9,12-15H,8,10-11H2,1-7H3,(H,22,25)/b16-9-,20-12+. The number of amides is 1. The molecule has 0 saturated carbocycles. The van der Waals surface area contributed by atoms with Crippen LogP contribution in [-0.4, -0.2) is 42.1 Å². The van der Waals surface area contributed by atoms with Gasteiger partial charge in [0.05, 0.1) is 15.5 Å². The second-order valence-electron chi connectivity index (χ2n) is 6.40. The molecule has 0 aliphatic carbocycles. The molecule has 1 rings (SSSR count). The van der Waals surface area contributed by atoms with Gasteiger partial charge in [-0.05, 0) is 63.9 Å². The summed E-state index contributed by atoms with van der Waals surface area (Å²) in [5, 5.41) is 3.88. The van der Waals surface area contributed by atoms with Gasteiger partial charge in [0, 0.05) is 19.3 Å². The minimum absolute atomic E-state index is 0.188. The SMILES string of the molecule is C/C=C(/CC)S/C(=C/CC)NC(=O)c1cc(S(=O)N(C)C)ccc1N(C)CC. The van der Waals surface area contributed by atoms with Gasteiger partial charge in [-0.15, -0.1) is 0 Å². The van der Waals surface area contributed by atoms with Crippen molar-refractivity contribution < 1.29 is 9.00 Å². The van der Waals surface area contributed by atoms with Gasteiger partial charge in [0.15, 0.2) is 0 Å². The fraction of sp³-hybridized carbons (Fsp3) is 0.476. The van der Waals surface area contributed by atoms with Crippen LogP contribution in [0, 0.1) is 0 Å². The van der Waals surface area contributed by atoms with E-state index in [2.05, 4.69) is 18.3 Å². The third-order valence-corrected chi connectivity index (χ3v) is 6.76. The summed E-state index contributed by atoms with van der Waals surface area (Å²) in [6, 6.07) is 5.42. The number of hydrogen-bond donors (Lipinski definition) is 1. The van der Waals surface area contributed by atoms with E-state index in [0.29, 0.717) is 10.5 Å². The minimum atomic E-state index is -1.31. The van der Waals surface area contributed by atoms with E-state index in [0.717, 1.165) is 30.1 Å². The van der Waals surface area contributed by atoms with Crippen LogP contribution in [0.2, 0.25) is 0 Å². The van der Waals surface area contributed by atoms with Crippen molar-refractivity contribution in [3.05, 3.63) is 45.8 Å². The lowest BCUT2D eigenvalue weighted by atomic mass is 10.1. The summed E-state index contributed by atoms with van der Waals surface area (Å²) in [4.78, 5) is 17.0. The molecule has 0 aromatic heterocycles. The molecule has 1 unspecified atom stereocenters. The number of benzene rings is 1. The maximum absolute atomic E-state index is 13.1. The monoisotopic (exact) mass is 423 g/mol. The molecule has 0 heterocycles. The summed E-state index contributed by atoms with van der Waals surface area (Å²) in [5.74, 6) is -0.188. The summed E-state index contributed by atoms with van der Waals surface area (Å²) >= 11 is 1.58. The summed E-state index contributed by atoms with van der Waals surface area (Å²) in [5.41, 5.74) is 1.35. The zero-order chi connectivity index (χ0) is 21.3. The number of carbonyl (C=O) groups is 1. The number of hydrogen-bond acceptors (Lipinski definition) is 4. The topological polar surface area (TPSA) is 52.7 Å². The normalized spacial score (nSPS) is 13.6. The lowest BCUT2D eigenvalue weighted by Crippen LogP contribution is -2.26. The number of allylic oxidation sites excluding steroid dienone is 3. The first-order valence-corrected chi connectivity index (χ1v) is 11.5. The molecule has 0 bridgehead atoms. The molecule has 1 aromatic rings. The van der Waals surface area contributed by atoms with E-state index < -0.39 is 11.0 Å². The van der Waals surface area contributed by atoms with Crippen molar-refractivity contribution >= 4 is 34.3 Å². The van der Waals surface area contributed by atoms with E-state index in [1.807, 2.05) is 50.9 Å². The highest BCUT2D eigenvalue weighted by Gasteiger charge is 2.19. The Morgan fingerprint density at radius 3 is 2.39 bits per heavy atom. The highest BCUT2D eigenvalue weighted by Crippen LogP contribution is 2.28. The van der Waals surface area contributed by atoms with Crippen LogP contribution in [-0.2, 0) is 11.0 Å². The van der Waals surface area contributed by atoms with Gasteiger partial charge in [-0.1, -0.05) is 37.8 Å². The zero-order valence-electron chi connectivity index (χ0n) is 18.0. The molecule has 0 aliphatic heterocycles. The Morgan fingerprint density at radius 1 is 1.21 bits per heavy atom. The largest absolute Gasteiger partial charge is 0.374 e. The number of thioether (sulfide) groups is 1. The first kappa shape index (κ1) is 24.5. The molecule has 0 saturated heterocycles. The van der Waals surface area contributed by atoms with Crippen molar-refractivity contribution in [3.63, 3.8) is 0 Å². The lowest BCUT2D eigenvalue weighted by Gasteiger charge is -2.22. The van der Waals surface area contributed by atoms with Gasteiger partial charge in [0.1, 0.15) is 11.0 Å². The third kappa shape index (κ3) is 6.79. The Bertz CT molecular complexity index is 758. The smallest absolute Gasteiger partial charge is 0.258 e. The van der Waals surface area contributed by atoms with Gasteiger partial charge in [-0.2, -0.15) is 0 Å². The van der Waals surface area contributed by atoms with Gasteiger partial charge in [0.2, 0.25) is 0 Å². The molecule has 1 N–H and O–H groups in total. The molecule has 1 aromatic carbocycles. The van der Waals surface area contributed by atoms with Crippen molar-refractivity contribution in [3.8, 4) is 0 Å². The molecule has 28 heavy (non-hydrogen) atoms. The average molecular weight is 424 g/mol. The van der Waals surface area contributed by atoms with Gasteiger partial charge in [-0.3, -0.25) is 4.79 Å². The van der Waals surface area contributed by atoms with E-state index in [4.69, 9.17) is 0 Å². The Morgan fingerprint density at radius 2 is 1.89 bits per heavy atom. The molecule has 1 amide bonds. The summed E-state index contributed by atoms with van der Waals surface area (Å²) in [6.07, 6.45) is 5.83. The highest BCUT2D eigenvalue weighted by atomic mass is 32.2. The van der Waals surface area contributed by atoms with Gasteiger partial charge in [0.25, 0.3) is 5.91 Å². The molecule has 1 atom stereocenters. The maximum Gasteiger partial charge on any atom is 0.258 e. The number of anilines is 1. The Balaban J connectivity index is 3.29. The van der Waals surface area contributed by atoms with Crippen LogP contribution in [0.3, 0.4) is 0 Å². The number of rotatable bonds is 10. The third-order valence-electron chi connectivity index (χ3n) is 4.17.